The van der Waals surface area contributed by atoms with Crippen molar-refractivity contribution >= 4 is 41.7 Å². The Bertz CT molecular complexity index is 605. The molecule has 1 unspecified atom stereocenters. The largest absolute Gasteiger partial charge is 0.334 e. The molecule has 24 heavy (non-hydrogen) atoms. The van der Waals surface area contributed by atoms with Gasteiger partial charge >= 0.3 is 0 Å². The first-order valence-corrected chi connectivity index (χ1v) is 9.26. The zero-order chi connectivity index (χ0) is 16.2. The quantitative estimate of drug-likeness (QED) is 0.856. The summed E-state index contributed by atoms with van der Waals surface area (Å²) >= 11 is 1.66. The van der Waals surface area contributed by atoms with Gasteiger partial charge in [-0.2, -0.15) is 0 Å². The van der Waals surface area contributed by atoms with Crippen molar-refractivity contribution in [1.82, 2.24) is 10.2 Å². The van der Waals surface area contributed by atoms with Crippen LogP contribution >= 0.6 is 24.2 Å². The van der Waals surface area contributed by atoms with E-state index in [0.717, 1.165) is 48.8 Å². The molecule has 2 N–H and O–H groups in total. The lowest BCUT2D eigenvalue weighted by Gasteiger charge is -2.28. The van der Waals surface area contributed by atoms with Gasteiger partial charge in [-0.1, -0.05) is 6.92 Å². The lowest BCUT2D eigenvalue weighted by molar-refractivity contribution is -0.115. The summed E-state index contributed by atoms with van der Waals surface area (Å²) in [5.74, 6) is 0.861. The van der Waals surface area contributed by atoms with Gasteiger partial charge in [0.25, 0.3) is 5.91 Å². The third-order valence-corrected chi connectivity index (χ3v) is 5.36. The number of amides is 2. The van der Waals surface area contributed by atoms with Crippen LogP contribution in [0.15, 0.2) is 23.1 Å². The Morgan fingerprint density at radius 3 is 2.96 bits per heavy atom. The molecule has 1 aromatic rings. The molecule has 2 aliphatic heterocycles. The smallest absolute Gasteiger partial charge is 0.254 e. The van der Waals surface area contributed by atoms with E-state index in [0.29, 0.717) is 12.0 Å². The zero-order valence-corrected chi connectivity index (χ0v) is 15.5. The van der Waals surface area contributed by atoms with Crippen molar-refractivity contribution in [3.05, 3.63) is 23.8 Å². The number of nitrogens with one attached hydrogen (secondary N) is 2. The van der Waals surface area contributed by atoms with Crippen LogP contribution in [0.5, 0.6) is 0 Å². The maximum absolute atomic E-state index is 13.0. The fourth-order valence-electron chi connectivity index (χ4n) is 3.12. The van der Waals surface area contributed by atoms with Gasteiger partial charge in [0.1, 0.15) is 0 Å². The SMILES string of the molecule is CCCN(C(=O)c1ccc2c(c1)NC(=O)CCS2)C1CCNC1.Cl. The second kappa shape index (κ2) is 8.74. The molecule has 1 atom stereocenters. The molecule has 0 aliphatic carbocycles. The van der Waals surface area contributed by atoms with E-state index in [1.165, 1.54) is 0 Å². The van der Waals surface area contributed by atoms with E-state index in [2.05, 4.69) is 17.6 Å². The average molecular weight is 370 g/mol. The number of thioether (sulfide) groups is 1. The number of benzene rings is 1. The van der Waals surface area contributed by atoms with Crippen LogP contribution < -0.4 is 10.6 Å². The van der Waals surface area contributed by atoms with Gasteiger partial charge < -0.3 is 15.5 Å². The number of nitrogens with zero attached hydrogens (tertiary/aromatic N) is 1. The van der Waals surface area contributed by atoms with Crippen molar-refractivity contribution in [1.29, 1.82) is 0 Å². The summed E-state index contributed by atoms with van der Waals surface area (Å²) in [4.78, 5) is 27.7. The van der Waals surface area contributed by atoms with E-state index in [1.807, 2.05) is 23.1 Å². The predicted octanol–water partition coefficient (Wildman–Crippen LogP) is 2.76. The minimum absolute atomic E-state index is 0. The first kappa shape index (κ1) is 19.1. The Morgan fingerprint density at radius 1 is 1.42 bits per heavy atom. The third kappa shape index (κ3) is 4.23. The number of halogens is 1. The molecule has 2 aliphatic rings. The van der Waals surface area contributed by atoms with Crippen molar-refractivity contribution in [3.8, 4) is 0 Å². The summed E-state index contributed by atoms with van der Waals surface area (Å²) in [7, 11) is 0. The van der Waals surface area contributed by atoms with Crippen molar-refractivity contribution < 1.29 is 9.59 Å². The number of rotatable bonds is 4. The molecular weight excluding hydrogens is 346 g/mol. The van der Waals surface area contributed by atoms with Gasteiger partial charge in [0.2, 0.25) is 5.91 Å². The molecule has 0 aromatic heterocycles. The van der Waals surface area contributed by atoms with Crippen LogP contribution in [0.4, 0.5) is 5.69 Å². The Balaban J connectivity index is 0.00000208. The molecule has 0 saturated carbocycles. The maximum Gasteiger partial charge on any atom is 0.254 e. The van der Waals surface area contributed by atoms with E-state index in [-0.39, 0.29) is 30.3 Å². The van der Waals surface area contributed by atoms with Gasteiger partial charge in [0.05, 0.1) is 5.69 Å². The molecule has 0 radical (unpaired) electrons. The number of anilines is 1. The summed E-state index contributed by atoms with van der Waals surface area (Å²) in [6, 6.07) is 5.94. The Labute approximate surface area is 153 Å². The van der Waals surface area contributed by atoms with E-state index in [4.69, 9.17) is 0 Å². The zero-order valence-electron chi connectivity index (χ0n) is 13.8. The second-order valence-corrected chi connectivity index (χ2v) is 7.14. The van der Waals surface area contributed by atoms with Crippen LogP contribution in [0, 0.1) is 0 Å². The van der Waals surface area contributed by atoms with Gasteiger partial charge in [-0.25, -0.2) is 0 Å². The fourth-order valence-corrected chi connectivity index (χ4v) is 4.05. The molecule has 132 valence electrons. The highest BCUT2D eigenvalue weighted by Crippen LogP contribution is 2.32. The van der Waals surface area contributed by atoms with E-state index >= 15 is 0 Å². The molecular formula is C17H24ClN3O2S. The second-order valence-electron chi connectivity index (χ2n) is 6.00. The number of carbonyl (C=O) groups is 2. The van der Waals surface area contributed by atoms with Gasteiger partial charge in [-0.05, 0) is 37.6 Å². The topological polar surface area (TPSA) is 61.4 Å². The minimum Gasteiger partial charge on any atom is -0.334 e. The molecule has 7 heteroatoms. The summed E-state index contributed by atoms with van der Waals surface area (Å²) in [6.07, 6.45) is 2.46. The number of hydrogen-bond acceptors (Lipinski definition) is 4. The molecule has 1 aromatic carbocycles. The Morgan fingerprint density at radius 2 is 2.25 bits per heavy atom. The van der Waals surface area contributed by atoms with Crippen LogP contribution in [0.3, 0.4) is 0 Å². The average Bonchev–Trinajstić information content (AvgIpc) is 3.00. The molecule has 1 saturated heterocycles. The lowest BCUT2D eigenvalue weighted by Crippen LogP contribution is -2.42. The predicted molar refractivity (Wildman–Crippen MR) is 100 cm³/mol. The Hall–Kier alpha value is -1.24. The Kier molecular flexibility index (Phi) is 6.95. The van der Waals surface area contributed by atoms with Gasteiger partial charge in [0.15, 0.2) is 0 Å². The van der Waals surface area contributed by atoms with Crippen LogP contribution in [0.25, 0.3) is 0 Å². The monoisotopic (exact) mass is 369 g/mol. The highest BCUT2D eigenvalue weighted by molar-refractivity contribution is 7.99. The first-order valence-electron chi connectivity index (χ1n) is 8.27. The van der Waals surface area contributed by atoms with Crippen molar-refractivity contribution in [3.63, 3.8) is 0 Å². The van der Waals surface area contributed by atoms with Crippen LogP contribution in [-0.4, -0.2) is 48.1 Å². The van der Waals surface area contributed by atoms with Crippen molar-refractivity contribution in [2.24, 2.45) is 0 Å². The van der Waals surface area contributed by atoms with E-state index < -0.39 is 0 Å². The van der Waals surface area contributed by atoms with Crippen LogP contribution in [-0.2, 0) is 4.79 Å². The molecule has 3 rings (SSSR count). The maximum atomic E-state index is 13.0. The molecule has 1 fully saturated rings. The fraction of sp³-hybridized carbons (Fsp3) is 0.529. The van der Waals surface area contributed by atoms with Crippen LogP contribution in [0.2, 0.25) is 0 Å². The molecule has 5 nitrogen and oxygen atoms in total. The van der Waals surface area contributed by atoms with E-state index in [1.54, 1.807) is 11.8 Å². The molecule has 0 bridgehead atoms. The highest BCUT2D eigenvalue weighted by atomic mass is 35.5. The third-order valence-electron chi connectivity index (χ3n) is 4.29. The first-order chi connectivity index (χ1) is 11.2. The molecule has 2 heterocycles. The number of carbonyl (C=O) groups excluding carboxylic acids is 2. The normalized spacial score (nSPS) is 19.7. The molecule has 2 amide bonds. The molecule has 0 spiro atoms. The minimum atomic E-state index is 0. The van der Waals surface area contributed by atoms with Crippen molar-refractivity contribution in [2.45, 2.75) is 37.1 Å². The van der Waals surface area contributed by atoms with Gasteiger partial charge in [-0.3, -0.25) is 9.59 Å². The summed E-state index contributed by atoms with van der Waals surface area (Å²) in [6.45, 7) is 4.69. The lowest BCUT2D eigenvalue weighted by atomic mass is 10.1. The van der Waals surface area contributed by atoms with Gasteiger partial charge in [0, 0.05) is 41.8 Å². The number of fused-ring (bicyclic) bond motifs is 1. The summed E-state index contributed by atoms with van der Waals surface area (Å²) < 4.78 is 0. The number of hydrogen-bond donors (Lipinski definition) is 2. The summed E-state index contributed by atoms with van der Waals surface area (Å²) in [5.41, 5.74) is 1.43. The van der Waals surface area contributed by atoms with Crippen LogP contribution in [0.1, 0.15) is 36.5 Å². The summed E-state index contributed by atoms with van der Waals surface area (Å²) in [5, 5.41) is 6.24. The van der Waals surface area contributed by atoms with Crippen molar-refractivity contribution in [2.75, 3.05) is 30.7 Å². The van der Waals surface area contributed by atoms with E-state index in [9.17, 15) is 9.59 Å². The highest BCUT2D eigenvalue weighted by Gasteiger charge is 2.27. The standard InChI is InChI=1S/C17H23N3O2S.ClH/c1-2-8-20(13-5-7-18-11-13)17(22)12-3-4-15-14(10-12)19-16(21)6-9-23-15;/h3-4,10,13,18H,2,5-9,11H2,1H3,(H,19,21);1H. The van der Waals surface area contributed by atoms with Gasteiger partial charge in [-0.15, -0.1) is 24.2 Å².